The van der Waals surface area contributed by atoms with E-state index in [1.54, 1.807) is 0 Å². The van der Waals surface area contributed by atoms with E-state index in [0.29, 0.717) is 30.5 Å². The lowest BCUT2D eigenvalue weighted by molar-refractivity contribution is 0.269. The van der Waals surface area contributed by atoms with Gasteiger partial charge < -0.3 is 25.2 Å². The van der Waals surface area contributed by atoms with Gasteiger partial charge in [0.2, 0.25) is 0 Å². The Hall–Kier alpha value is -1.79. The Labute approximate surface area is 166 Å². The van der Waals surface area contributed by atoms with Crippen molar-refractivity contribution in [3.05, 3.63) is 58.6 Å². The van der Waals surface area contributed by atoms with Gasteiger partial charge in [0, 0.05) is 23.7 Å². The Balaban J connectivity index is 1.86. The van der Waals surface area contributed by atoms with E-state index in [1.165, 1.54) is 0 Å². The van der Waals surface area contributed by atoms with E-state index in [4.69, 9.17) is 26.2 Å². The molecular weight excluding hydrogens is 364 g/mol. The Morgan fingerprint density at radius 1 is 0.963 bits per heavy atom. The molecule has 5 nitrogen and oxygen atoms in total. The van der Waals surface area contributed by atoms with Crippen LogP contribution < -0.4 is 20.1 Å². The van der Waals surface area contributed by atoms with Crippen molar-refractivity contribution in [2.45, 2.75) is 26.5 Å². The Morgan fingerprint density at radius 2 is 1.78 bits per heavy atom. The number of halogens is 1. The summed E-state index contributed by atoms with van der Waals surface area (Å²) in [6, 6.07) is 13.7. The third-order valence-electron chi connectivity index (χ3n) is 3.97. The van der Waals surface area contributed by atoms with Gasteiger partial charge in [-0.2, -0.15) is 0 Å². The van der Waals surface area contributed by atoms with Gasteiger partial charge in [0.1, 0.15) is 6.61 Å². The fourth-order valence-corrected chi connectivity index (χ4v) is 2.79. The average molecular weight is 393 g/mol. The van der Waals surface area contributed by atoms with Crippen molar-refractivity contribution in [3.63, 3.8) is 0 Å². The molecule has 0 heterocycles. The molecule has 2 aromatic carbocycles. The number of benzene rings is 2. The molecule has 0 spiro atoms. The van der Waals surface area contributed by atoms with Crippen molar-refractivity contribution < 1.29 is 14.6 Å². The summed E-state index contributed by atoms with van der Waals surface area (Å²) in [5.41, 5.74) is 2.09. The summed E-state index contributed by atoms with van der Waals surface area (Å²) in [5.74, 6) is 1.46. The van der Waals surface area contributed by atoms with Crippen molar-refractivity contribution in [1.82, 2.24) is 10.6 Å². The summed E-state index contributed by atoms with van der Waals surface area (Å²) < 4.78 is 11.7. The van der Waals surface area contributed by atoms with Crippen LogP contribution in [0.2, 0.25) is 5.02 Å². The summed E-state index contributed by atoms with van der Waals surface area (Å²) >= 11 is 6.19. The highest BCUT2D eigenvalue weighted by atomic mass is 35.5. The molecule has 0 aliphatic rings. The molecule has 0 aromatic heterocycles. The van der Waals surface area contributed by atoms with Crippen molar-refractivity contribution in [3.8, 4) is 11.5 Å². The lowest BCUT2D eigenvalue weighted by atomic mass is 10.2. The van der Waals surface area contributed by atoms with Crippen molar-refractivity contribution in [2.75, 3.05) is 32.8 Å². The molecule has 0 radical (unpaired) electrons. The van der Waals surface area contributed by atoms with Gasteiger partial charge in [0.25, 0.3) is 0 Å². The molecule has 27 heavy (non-hydrogen) atoms. The molecular formula is C21H29ClN2O3. The summed E-state index contributed by atoms with van der Waals surface area (Å²) in [5, 5.41) is 16.0. The van der Waals surface area contributed by atoms with Crippen LogP contribution in [-0.4, -0.2) is 38.0 Å². The third-order valence-corrected chi connectivity index (χ3v) is 4.34. The molecule has 3 N–H and O–H groups in total. The van der Waals surface area contributed by atoms with E-state index in [0.717, 1.165) is 42.9 Å². The first-order valence-electron chi connectivity index (χ1n) is 9.38. The first kappa shape index (κ1) is 21.5. The highest BCUT2D eigenvalue weighted by Gasteiger charge is 2.08. The number of aliphatic hydroxyl groups is 1. The van der Waals surface area contributed by atoms with Crippen molar-refractivity contribution in [1.29, 1.82) is 0 Å². The van der Waals surface area contributed by atoms with Gasteiger partial charge in [-0.25, -0.2) is 0 Å². The van der Waals surface area contributed by atoms with Gasteiger partial charge in [-0.15, -0.1) is 0 Å². The number of hydrogen-bond acceptors (Lipinski definition) is 5. The average Bonchev–Trinajstić information content (AvgIpc) is 2.68. The van der Waals surface area contributed by atoms with Gasteiger partial charge in [-0.1, -0.05) is 35.9 Å². The summed E-state index contributed by atoms with van der Waals surface area (Å²) in [6.45, 7) is 6.34. The third kappa shape index (κ3) is 7.77. The summed E-state index contributed by atoms with van der Waals surface area (Å²) in [4.78, 5) is 0. The zero-order chi connectivity index (χ0) is 19.3. The molecule has 0 bridgehead atoms. The second-order valence-electron chi connectivity index (χ2n) is 6.10. The van der Waals surface area contributed by atoms with Crippen LogP contribution in [0.1, 0.15) is 24.5 Å². The normalized spacial score (nSPS) is 10.8. The van der Waals surface area contributed by atoms with Crippen molar-refractivity contribution in [2.24, 2.45) is 0 Å². The maximum atomic E-state index is 8.72. The SMILES string of the molecule is CCOc1cc(CNCCCNCCO)ccc1OCc1ccccc1Cl. The molecule has 0 saturated heterocycles. The number of hydrogen-bond donors (Lipinski definition) is 3. The van der Waals surface area contributed by atoms with Crippen LogP contribution in [0.4, 0.5) is 0 Å². The monoisotopic (exact) mass is 392 g/mol. The molecule has 0 unspecified atom stereocenters. The van der Waals surface area contributed by atoms with E-state index >= 15 is 0 Å². The van der Waals surface area contributed by atoms with Gasteiger partial charge in [0.15, 0.2) is 11.5 Å². The van der Waals surface area contributed by atoms with Crippen LogP contribution in [0.15, 0.2) is 42.5 Å². The van der Waals surface area contributed by atoms with E-state index in [-0.39, 0.29) is 6.61 Å². The minimum absolute atomic E-state index is 0.179. The lowest BCUT2D eigenvalue weighted by Crippen LogP contribution is -2.23. The molecule has 0 amide bonds. The van der Waals surface area contributed by atoms with E-state index < -0.39 is 0 Å². The predicted molar refractivity (Wildman–Crippen MR) is 110 cm³/mol. The van der Waals surface area contributed by atoms with Crippen LogP contribution >= 0.6 is 11.6 Å². The minimum Gasteiger partial charge on any atom is -0.490 e. The topological polar surface area (TPSA) is 62.8 Å². The van der Waals surface area contributed by atoms with E-state index in [1.807, 2.05) is 49.4 Å². The van der Waals surface area contributed by atoms with E-state index in [2.05, 4.69) is 10.6 Å². The van der Waals surface area contributed by atoms with Crippen LogP contribution in [0.25, 0.3) is 0 Å². The van der Waals surface area contributed by atoms with Gasteiger partial charge in [0.05, 0.1) is 13.2 Å². The Morgan fingerprint density at radius 3 is 2.56 bits per heavy atom. The first-order chi connectivity index (χ1) is 13.2. The zero-order valence-electron chi connectivity index (χ0n) is 15.8. The molecule has 0 fully saturated rings. The van der Waals surface area contributed by atoms with Crippen LogP contribution in [-0.2, 0) is 13.2 Å². The Bertz CT molecular complexity index is 682. The fourth-order valence-electron chi connectivity index (χ4n) is 2.60. The molecule has 2 rings (SSSR count). The predicted octanol–water partition coefficient (Wildman–Crippen LogP) is 3.38. The van der Waals surface area contributed by atoms with Gasteiger partial charge in [-0.3, -0.25) is 0 Å². The highest BCUT2D eigenvalue weighted by Crippen LogP contribution is 2.30. The van der Waals surface area contributed by atoms with Crippen LogP contribution in [0.3, 0.4) is 0 Å². The molecule has 0 aliphatic carbocycles. The molecule has 0 saturated carbocycles. The number of ether oxygens (including phenoxy) is 2. The molecule has 0 aliphatic heterocycles. The van der Waals surface area contributed by atoms with Gasteiger partial charge >= 0.3 is 0 Å². The Kier molecular flexibility index (Phi) is 10.0. The van der Waals surface area contributed by atoms with E-state index in [9.17, 15) is 0 Å². The highest BCUT2D eigenvalue weighted by molar-refractivity contribution is 6.31. The maximum Gasteiger partial charge on any atom is 0.161 e. The molecule has 148 valence electrons. The summed E-state index contributed by atoms with van der Waals surface area (Å²) in [6.07, 6.45) is 1.01. The number of aliphatic hydroxyl groups excluding tert-OH is 1. The summed E-state index contributed by atoms with van der Waals surface area (Å²) in [7, 11) is 0. The van der Waals surface area contributed by atoms with Gasteiger partial charge in [-0.05, 0) is 50.2 Å². The minimum atomic E-state index is 0.179. The molecule has 2 aromatic rings. The van der Waals surface area contributed by atoms with Crippen molar-refractivity contribution >= 4 is 11.6 Å². The largest absolute Gasteiger partial charge is 0.490 e. The number of nitrogens with one attached hydrogen (secondary N) is 2. The van der Waals surface area contributed by atoms with Crippen LogP contribution in [0.5, 0.6) is 11.5 Å². The second-order valence-corrected chi connectivity index (χ2v) is 6.51. The quantitative estimate of drug-likeness (QED) is 0.456. The molecule has 6 heteroatoms. The molecule has 0 atom stereocenters. The second kappa shape index (κ2) is 12.6. The fraction of sp³-hybridized carbons (Fsp3) is 0.429. The first-order valence-corrected chi connectivity index (χ1v) is 9.76. The smallest absolute Gasteiger partial charge is 0.161 e. The van der Waals surface area contributed by atoms with Crippen LogP contribution in [0, 0.1) is 0 Å². The lowest BCUT2D eigenvalue weighted by Gasteiger charge is -2.14. The standard InChI is InChI=1S/C21H29ClN2O3/c1-2-26-21-14-17(15-24-11-5-10-23-12-13-25)8-9-20(21)27-16-18-6-3-4-7-19(18)22/h3-4,6-9,14,23-25H,2,5,10-13,15-16H2,1H3. The maximum absolute atomic E-state index is 8.72. The zero-order valence-corrected chi connectivity index (χ0v) is 16.6. The number of rotatable bonds is 13.